The van der Waals surface area contributed by atoms with Gasteiger partial charge in [-0.25, -0.2) is 4.98 Å². The van der Waals surface area contributed by atoms with Gasteiger partial charge < -0.3 is 9.88 Å². The molecular formula is C10H12BrN3O. The number of rotatable bonds is 4. The van der Waals surface area contributed by atoms with Crippen molar-refractivity contribution in [2.75, 3.05) is 18.0 Å². The predicted molar refractivity (Wildman–Crippen MR) is 63.9 cm³/mol. The minimum absolute atomic E-state index is 0.196. The Morgan fingerprint density at radius 3 is 3.07 bits per heavy atom. The van der Waals surface area contributed by atoms with E-state index in [1.54, 1.807) is 0 Å². The Bertz CT molecular complexity index is 421. The third-order valence-corrected chi connectivity index (χ3v) is 2.57. The molecule has 1 aromatic rings. The molecule has 0 aliphatic rings. The second kappa shape index (κ2) is 5.56. The summed E-state index contributed by atoms with van der Waals surface area (Å²) in [4.78, 5) is 19.8. The molecule has 4 nitrogen and oxygen atoms in total. The first-order valence-corrected chi connectivity index (χ1v) is 5.41. The van der Waals surface area contributed by atoms with Crippen LogP contribution in [-0.2, 0) is 0 Å². The van der Waals surface area contributed by atoms with E-state index in [0.29, 0.717) is 16.8 Å². The average Bonchev–Trinajstić information content (AvgIpc) is 2.22. The Morgan fingerprint density at radius 2 is 2.47 bits per heavy atom. The average molecular weight is 270 g/mol. The van der Waals surface area contributed by atoms with Gasteiger partial charge in [0.25, 0.3) is 5.56 Å². The number of hydrogen-bond acceptors (Lipinski definition) is 3. The van der Waals surface area contributed by atoms with Crippen LogP contribution in [0.2, 0.25) is 0 Å². The maximum atomic E-state index is 11.3. The fourth-order valence-corrected chi connectivity index (χ4v) is 1.70. The minimum Gasteiger partial charge on any atom is -0.344 e. The van der Waals surface area contributed by atoms with Crippen LogP contribution in [0.5, 0.6) is 0 Å². The van der Waals surface area contributed by atoms with Crippen molar-refractivity contribution < 1.29 is 0 Å². The van der Waals surface area contributed by atoms with Crippen LogP contribution in [0.15, 0.2) is 15.6 Å². The van der Waals surface area contributed by atoms with Gasteiger partial charge in [0.05, 0.1) is 12.9 Å². The van der Waals surface area contributed by atoms with Gasteiger partial charge in [0.1, 0.15) is 4.47 Å². The second-order valence-electron chi connectivity index (χ2n) is 2.99. The molecule has 1 N–H and O–H groups in total. The largest absolute Gasteiger partial charge is 0.344 e. The SMILES string of the molecule is C#CCN(CCC)c1nc[nH]c(=O)c1Br. The highest BCUT2D eigenvalue weighted by molar-refractivity contribution is 9.10. The lowest BCUT2D eigenvalue weighted by Gasteiger charge is -2.20. The fourth-order valence-electron chi connectivity index (χ4n) is 1.23. The van der Waals surface area contributed by atoms with Crippen LogP contribution >= 0.6 is 15.9 Å². The van der Waals surface area contributed by atoms with Crippen molar-refractivity contribution in [2.45, 2.75) is 13.3 Å². The maximum Gasteiger partial charge on any atom is 0.267 e. The van der Waals surface area contributed by atoms with Crippen LogP contribution in [0.1, 0.15) is 13.3 Å². The molecule has 1 rings (SSSR count). The number of H-pyrrole nitrogens is 1. The van der Waals surface area contributed by atoms with E-state index >= 15 is 0 Å². The molecule has 0 saturated heterocycles. The normalized spacial score (nSPS) is 9.67. The summed E-state index contributed by atoms with van der Waals surface area (Å²) >= 11 is 3.20. The van der Waals surface area contributed by atoms with E-state index in [0.717, 1.165) is 13.0 Å². The molecule has 5 heteroatoms. The predicted octanol–water partition coefficient (Wildman–Crippen LogP) is 1.38. The molecule has 0 unspecified atom stereocenters. The maximum absolute atomic E-state index is 11.3. The van der Waals surface area contributed by atoms with E-state index in [2.05, 4.69) is 31.8 Å². The number of nitrogens with zero attached hydrogens (tertiary/aromatic N) is 2. The Hall–Kier alpha value is -1.28. The van der Waals surface area contributed by atoms with Crippen LogP contribution in [0.3, 0.4) is 0 Å². The first-order valence-electron chi connectivity index (χ1n) is 4.62. The number of aromatic amines is 1. The highest BCUT2D eigenvalue weighted by Crippen LogP contribution is 2.18. The molecule has 0 saturated carbocycles. The van der Waals surface area contributed by atoms with Crippen molar-refractivity contribution in [3.8, 4) is 12.3 Å². The van der Waals surface area contributed by atoms with Gasteiger partial charge in [-0.05, 0) is 22.4 Å². The number of nitrogens with one attached hydrogen (secondary N) is 1. The molecule has 80 valence electrons. The summed E-state index contributed by atoms with van der Waals surface area (Å²) in [5.41, 5.74) is -0.196. The van der Waals surface area contributed by atoms with E-state index < -0.39 is 0 Å². The molecule has 0 aliphatic carbocycles. The first kappa shape index (κ1) is 11.8. The van der Waals surface area contributed by atoms with E-state index in [1.165, 1.54) is 6.33 Å². The lowest BCUT2D eigenvalue weighted by Crippen LogP contribution is -2.27. The van der Waals surface area contributed by atoms with Gasteiger partial charge in [-0.1, -0.05) is 12.8 Å². The third-order valence-electron chi connectivity index (χ3n) is 1.85. The van der Waals surface area contributed by atoms with Gasteiger partial charge in [-0.2, -0.15) is 0 Å². The van der Waals surface area contributed by atoms with E-state index in [9.17, 15) is 4.79 Å². The summed E-state index contributed by atoms with van der Waals surface area (Å²) < 4.78 is 0.425. The second-order valence-corrected chi connectivity index (χ2v) is 3.79. The third kappa shape index (κ3) is 2.83. The van der Waals surface area contributed by atoms with Crippen molar-refractivity contribution in [1.29, 1.82) is 0 Å². The van der Waals surface area contributed by atoms with E-state index in [4.69, 9.17) is 6.42 Å². The highest BCUT2D eigenvalue weighted by atomic mass is 79.9. The zero-order valence-corrected chi connectivity index (χ0v) is 10.0. The molecular weight excluding hydrogens is 258 g/mol. The Labute approximate surface area is 96.8 Å². The zero-order valence-electron chi connectivity index (χ0n) is 8.46. The molecule has 0 atom stereocenters. The first-order chi connectivity index (χ1) is 7.20. The van der Waals surface area contributed by atoms with Gasteiger partial charge in [-0.15, -0.1) is 6.42 Å². The molecule has 0 fully saturated rings. The van der Waals surface area contributed by atoms with Crippen molar-refractivity contribution >= 4 is 21.7 Å². The number of hydrogen-bond donors (Lipinski definition) is 1. The van der Waals surface area contributed by atoms with Gasteiger partial charge in [0.2, 0.25) is 0 Å². The minimum atomic E-state index is -0.196. The van der Waals surface area contributed by atoms with Crippen molar-refractivity contribution in [1.82, 2.24) is 9.97 Å². The van der Waals surface area contributed by atoms with Gasteiger partial charge in [0, 0.05) is 6.54 Å². The molecule has 1 aromatic heterocycles. The van der Waals surface area contributed by atoms with Crippen LogP contribution < -0.4 is 10.5 Å². The van der Waals surface area contributed by atoms with Crippen LogP contribution in [0.4, 0.5) is 5.82 Å². The summed E-state index contributed by atoms with van der Waals surface area (Å²) in [6.07, 6.45) is 7.59. The van der Waals surface area contributed by atoms with Gasteiger partial charge in [-0.3, -0.25) is 4.79 Å². The summed E-state index contributed by atoms with van der Waals surface area (Å²) in [5, 5.41) is 0. The van der Waals surface area contributed by atoms with Crippen LogP contribution in [-0.4, -0.2) is 23.1 Å². The zero-order chi connectivity index (χ0) is 11.3. The highest BCUT2D eigenvalue weighted by Gasteiger charge is 2.11. The molecule has 0 amide bonds. The van der Waals surface area contributed by atoms with E-state index in [-0.39, 0.29) is 5.56 Å². The number of aromatic nitrogens is 2. The number of halogens is 1. The van der Waals surface area contributed by atoms with Crippen molar-refractivity contribution in [3.63, 3.8) is 0 Å². The summed E-state index contributed by atoms with van der Waals surface area (Å²) in [7, 11) is 0. The van der Waals surface area contributed by atoms with Gasteiger partial charge >= 0.3 is 0 Å². The quantitative estimate of drug-likeness (QED) is 0.841. The number of anilines is 1. The van der Waals surface area contributed by atoms with Crippen molar-refractivity contribution in [2.24, 2.45) is 0 Å². The Morgan fingerprint density at radius 1 is 1.73 bits per heavy atom. The molecule has 1 heterocycles. The topological polar surface area (TPSA) is 49.0 Å². The molecule has 0 spiro atoms. The summed E-state index contributed by atoms with van der Waals surface area (Å²) in [5.74, 6) is 3.15. The monoisotopic (exact) mass is 269 g/mol. The summed E-state index contributed by atoms with van der Waals surface area (Å²) in [6, 6.07) is 0. The van der Waals surface area contributed by atoms with Crippen molar-refractivity contribution in [3.05, 3.63) is 21.2 Å². The Balaban J connectivity index is 3.06. The fraction of sp³-hybridized carbons (Fsp3) is 0.400. The van der Waals surface area contributed by atoms with Gasteiger partial charge in [0.15, 0.2) is 5.82 Å². The smallest absolute Gasteiger partial charge is 0.267 e. The molecule has 0 bridgehead atoms. The molecule has 0 aliphatic heterocycles. The number of terminal acetylenes is 1. The van der Waals surface area contributed by atoms with E-state index in [1.807, 2.05) is 11.8 Å². The molecule has 15 heavy (non-hydrogen) atoms. The lowest BCUT2D eigenvalue weighted by atomic mass is 10.4. The van der Waals surface area contributed by atoms with Crippen LogP contribution in [0.25, 0.3) is 0 Å². The van der Waals surface area contributed by atoms with Crippen LogP contribution in [0, 0.1) is 12.3 Å². The molecule has 0 aromatic carbocycles. The Kier molecular flexibility index (Phi) is 4.37. The lowest BCUT2D eigenvalue weighted by molar-refractivity contribution is 0.801. The molecule has 0 radical (unpaired) electrons. The summed E-state index contributed by atoms with van der Waals surface area (Å²) in [6.45, 7) is 3.27. The standard InChI is InChI=1S/C10H12BrN3O/c1-3-5-14(6-4-2)9-8(11)10(15)13-7-12-9/h1,7H,4-6H2,2H3,(H,12,13,15).